The third kappa shape index (κ3) is 2.46. The van der Waals surface area contributed by atoms with Gasteiger partial charge in [0.05, 0.1) is 13.7 Å². The second kappa shape index (κ2) is 4.87. The number of aryl methyl sites for hydroxylation is 1. The average molecular weight is 180 g/mol. The van der Waals surface area contributed by atoms with Crippen LogP contribution in [-0.2, 0) is 11.3 Å². The summed E-state index contributed by atoms with van der Waals surface area (Å²) in [6.45, 7) is 5.38. The molecule has 0 bridgehead atoms. The number of rotatable bonds is 4. The number of hydrogen-bond donors (Lipinski definition) is 0. The molecule has 0 unspecified atom stereocenters. The van der Waals surface area contributed by atoms with E-state index in [1.54, 1.807) is 7.11 Å². The van der Waals surface area contributed by atoms with Gasteiger partial charge in [0, 0.05) is 12.2 Å². The zero-order chi connectivity index (χ0) is 9.68. The quantitative estimate of drug-likeness (QED) is 0.709. The maximum absolute atomic E-state index is 5.34. The first-order valence-corrected chi connectivity index (χ1v) is 4.49. The lowest BCUT2D eigenvalue weighted by Gasteiger charge is -2.10. The van der Waals surface area contributed by atoms with Gasteiger partial charge >= 0.3 is 0 Å². The number of methoxy groups -OCH3 is 1. The molecule has 0 aliphatic heterocycles. The molecule has 0 atom stereocenters. The molecular weight excluding hydrogens is 164 g/mol. The Hall–Kier alpha value is -1.02. The SMILES string of the molecule is CCOCc1cccc(C)c1OC. The smallest absolute Gasteiger partial charge is 0.127 e. The second-order valence-corrected chi connectivity index (χ2v) is 2.90. The topological polar surface area (TPSA) is 18.5 Å². The number of benzene rings is 1. The van der Waals surface area contributed by atoms with E-state index < -0.39 is 0 Å². The maximum Gasteiger partial charge on any atom is 0.127 e. The van der Waals surface area contributed by atoms with Crippen LogP contribution in [0.25, 0.3) is 0 Å². The van der Waals surface area contributed by atoms with Gasteiger partial charge in [0.15, 0.2) is 0 Å². The van der Waals surface area contributed by atoms with Crippen molar-refractivity contribution in [3.63, 3.8) is 0 Å². The van der Waals surface area contributed by atoms with E-state index in [9.17, 15) is 0 Å². The molecule has 0 fully saturated rings. The van der Waals surface area contributed by atoms with Crippen molar-refractivity contribution < 1.29 is 9.47 Å². The lowest BCUT2D eigenvalue weighted by molar-refractivity contribution is 0.132. The van der Waals surface area contributed by atoms with Crippen LogP contribution in [0.4, 0.5) is 0 Å². The third-order valence-corrected chi connectivity index (χ3v) is 1.96. The summed E-state index contributed by atoms with van der Waals surface area (Å²) < 4.78 is 10.6. The van der Waals surface area contributed by atoms with E-state index in [0.717, 1.165) is 23.5 Å². The molecule has 72 valence electrons. The van der Waals surface area contributed by atoms with E-state index in [-0.39, 0.29) is 0 Å². The Balaban J connectivity index is 2.85. The molecule has 0 N–H and O–H groups in total. The summed E-state index contributed by atoms with van der Waals surface area (Å²) >= 11 is 0. The van der Waals surface area contributed by atoms with Crippen LogP contribution >= 0.6 is 0 Å². The minimum Gasteiger partial charge on any atom is -0.496 e. The first kappa shape index (κ1) is 10.1. The van der Waals surface area contributed by atoms with Gasteiger partial charge in [-0.15, -0.1) is 0 Å². The third-order valence-electron chi connectivity index (χ3n) is 1.96. The molecule has 0 aliphatic carbocycles. The molecule has 1 aromatic carbocycles. The Labute approximate surface area is 79.5 Å². The molecule has 0 heterocycles. The second-order valence-electron chi connectivity index (χ2n) is 2.90. The number of para-hydroxylation sites is 1. The van der Waals surface area contributed by atoms with Crippen LogP contribution in [0.2, 0.25) is 0 Å². The first-order valence-electron chi connectivity index (χ1n) is 4.49. The van der Waals surface area contributed by atoms with E-state index in [4.69, 9.17) is 9.47 Å². The van der Waals surface area contributed by atoms with Gasteiger partial charge < -0.3 is 9.47 Å². The van der Waals surface area contributed by atoms with Crippen molar-refractivity contribution in [1.29, 1.82) is 0 Å². The summed E-state index contributed by atoms with van der Waals surface area (Å²) in [5, 5.41) is 0. The van der Waals surface area contributed by atoms with Gasteiger partial charge in [-0.2, -0.15) is 0 Å². The van der Waals surface area contributed by atoms with Crippen LogP contribution in [0.3, 0.4) is 0 Å². The van der Waals surface area contributed by atoms with Crippen molar-refractivity contribution in [3.05, 3.63) is 29.3 Å². The van der Waals surface area contributed by atoms with E-state index in [0.29, 0.717) is 6.61 Å². The Morgan fingerprint density at radius 1 is 1.31 bits per heavy atom. The predicted octanol–water partition coefficient (Wildman–Crippen LogP) is 2.54. The van der Waals surface area contributed by atoms with Gasteiger partial charge in [0.2, 0.25) is 0 Å². The molecular formula is C11H16O2. The van der Waals surface area contributed by atoms with Gasteiger partial charge in [-0.3, -0.25) is 0 Å². The Kier molecular flexibility index (Phi) is 3.77. The number of ether oxygens (including phenoxy) is 2. The zero-order valence-electron chi connectivity index (χ0n) is 8.46. The van der Waals surface area contributed by atoms with Gasteiger partial charge in [-0.25, -0.2) is 0 Å². The first-order chi connectivity index (χ1) is 6.29. The fourth-order valence-electron chi connectivity index (χ4n) is 1.33. The number of hydrogen-bond acceptors (Lipinski definition) is 2. The van der Waals surface area contributed by atoms with Gasteiger partial charge in [0.1, 0.15) is 5.75 Å². The van der Waals surface area contributed by atoms with Gasteiger partial charge in [-0.1, -0.05) is 18.2 Å². The summed E-state index contributed by atoms with van der Waals surface area (Å²) in [7, 11) is 1.69. The van der Waals surface area contributed by atoms with E-state index in [1.807, 2.05) is 32.0 Å². The fourth-order valence-corrected chi connectivity index (χ4v) is 1.33. The molecule has 0 radical (unpaired) electrons. The van der Waals surface area contributed by atoms with Crippen molar-refractivity contribution in [2.24, 2.45) is 0 Å². The molecule has 2 nitrogen and oxygen atoms in total. The maximum atomic E-state index is 5.34. The summed E-state index contributed by atoms with van der Waals surface area (Å²) in [5.41, 5.74) is 2.27. The highest BCUT2D eigenvalue weighted by Gasteiger charge is 2.04. The molecule has 0 saturated heterocycles. The Morgan fingerprint density at radius 3 is 2.69 bits per heavy atom. The van der Waals surface area contributed by atoms with Crippen molar-refractivity contribution in [2.75, 3.05) is 13.7 Å². The van der Waals surface area contributed by atoms with E-state index >= 15 is 0 Å². The van der Waals surface area contributed by atoms with Crippen LogP contribution in [0.15, 0.2) is 18.2 Å². The van der Waals surface area contributed by atoms with Crippen LogP contribution in [0.5, 0.6) is 5.75 Å². The molecule has 0 aromatic heterocycles. The summed E-state index contributed by atoms with van der Waals surface area (Å²) in [6.07, 6.45) is 0. The van der Waals surface area contributed by atoms with Crippen LogP contribution in [0.1, 0.15) is 18.1 Å². The molecule has 1 rings (SSSR count). The van der Waals surface area contributed by atoms with E-state index in [1.165, 1.54) is 0 Å². The minimum absolute atomic E-state index is 0.626. The molecule has 0 amide bonds. The highest BCUT2D eigenvalue weighted by molar-refractivity contribution is 5.40. The zero-order valence-corrected chi connectivity index (χ0v) is 8.46. The van der Waals surface area contributed by atoms with E-state index in [2.05, 4.69) is 0 Å². The highest BCUT2D eigenvalue weighted by Crippen LogP contribution is 2.23. The molecule has 2 heteroatoms. The molecule has 0 spiro atoms. The fraction of sp³-hybridized carbons (Fsp3) is 0.455. The van der Waals surface area contributed by atoms with Gasteiger partial charge in [0.25, 0.3) is 0 Å². The van der Waals surface area contributed by atoms with Crippen LogP contribution < -0.4 is 4.74 Å². The summed E-state index contributed by atoms with van der Waals surface area (Å²) in [5.74, 6) is 0.941. The summed E-state index contributed by atoms with van der Waals surface area (Å²) in [4.78, 5) is 0. The molecule has 0 saturated carbocycles. The van der Waals surface area contributed by atoms with Crippen molar-refractivity contribution in [2.45, 2.75) is 20.5 Å². The Bertz CT molecular complexity index is 269. The normalized spacial score (nSPS) is 10.1. The largest absolute Gasteiger partial charge is 0.496 e. The van der Waals surface area contributed by atoms with Gasteiger partial charge in [-0.05, 0) is 19.4 Å². The van der Waals surface area contributed by atoms with Crippen LogP contribution in [-0.4, -0.2) is 13.7 Å². The molecule has 1 aromatic rings. The molecule has 13 heavy (non-hydrogen) atoms. The summed E-state index contributed by atoms with van der Waals surface area (Å²) in [6, 6.07) is 6.09. The lowest BCUT2D eigenvalue weighted by Crippen LogP contribution is -1.97. The molecule has 0 aliphatic rings. The van der Waals surface area contributed by atoms with Crippen molar-refractivity contribution in [1.82, 2.24) is 0 Å². The average Bonchev–Trinajstić information content (AvgIpc) is 2.15. The van der Waals surface area contributed by atoms with Crippen LogP contribution in [0, 0.1) is 6.92 Å². The standard InChI is InChI=1S/C11H16O2/c1-4-13-8-10-7-5-6-9(2)11(10)12-3/h5-7H,4,8H2,1-3H3. The highest BCUT2D eigenvalue weighted by atomic mass is 16.5. The van der Waals surface area contributed by atoms with Crippen molar-refractivity contribution >= 4 is 0 Å². The lowest BCUT2D eigenvalue weighted by atomic mass is 10.1. The monoisotopic (exact) mass is 180 g/mol. The predicted molar refractivity (Wildman–Crippen MR) is 53.1 cm³/mol. The van der Waals surface area contributed by atoms with Crippen molar-refractivity contribution in [3.8, 4) is 5.75 Å². The Morgan fingerprint density at radius 2 is 2.08 bits per heavy atom. The minimum atomic E-state index is 0.626.